The molecule has 1 saturated carbocycles. The predicted molar refractivity (Wildman–Crippen MR) is 92.0 cm³/mol. The SMILES string of the molecule is CC1CCN(c2ccc(CNC(=O)C3CCC(N)C3)cn2)CC1. The summed E-state index contributed by atoms with van der Waals surface area (Å²) in [6.07, 6.45) is 7.05. The third-order valence-corrected chi connectivity index (χ3v) is 5.23. The molecule has 1 amide bonds. The summed E-state index contributed by atoms with van der Waals surface area (Å²) in [5.74, 6) is 2.10. The molecule has 0 spiro atoms. The number of rotatable bonds is 4. The summed E-state index contributed by atoms with van der Waals surface area (Å²) in [4.78, 5) is 19.0. The minimum Gasteiger partial charge on any atom is -0.357 e. The van der Waals surface area contributed by atoms with Crippen molar-refractivity contribution in [1.29, 1.82) is 0 Å². The van der Waals surface area contributed by atoms with E-state index < -0.39 is 0 Å². The predicted octanol–water partition coefficient (Wildman–Crippen LogP) is 2.06. The molecule has 3 N–H and O–H groups in total. The topological polar surface area (TPSA) is 71.2 Å². The van der Waals surface area contributed by atoms with Crippen molar-refractivity contribution in [2.24, 2.45) is 17.6 Å². The molecule has 2 fully saturated rings. The molecule has 2 aliphatic rings. The highest BCUT2D eigenvalue weighted by molar-refractivity contribution is 5.79. The Kier molecular flexibility index (Phi) is 5.16. The van der Waals surface area contributed by atoms with Crippen LogP contribution in [-0.4, -0.2) is 30.0 Å². The lowest BCUT2D eigenvalue weighted by molar-refractivity contribution is -0.125. The largest absolute Gasteiger partial charge is 0.357 e. The first-order chi connectivity index (χ1) is 11.1. The summed E-state index contributed by atoms with van der Waals surface area (Å²) in [7, 11) is 0. The van der Waals surface area contributed by atoms with E-state index in [0.29, 0.717) is 6.54 Å². The van der Waals surface area contributed by atoms with Gasteiger partial charge in [-0.3, -0.25) is 4.79 Å². The van der Waals surface area contributed by atoms with Crippen molar-refractivity contribution in [1.82, 2.24) is 10.3 Å². The van der Waals surface area contributed by atoms with Crippen LogP contribution >= 0.6 is 0 Å². The molecule has 1 aromatic rings. The van der Waals surface area contributed by atoms with Crippen LogP contribution in [0.3, 0.4) is 0 Å². The first-order valence-electron chi connectivity index (χ1n) is 8.85. The second-order valence-electron chi connectivity index (χ2n) is 7.18. The lowest BCUT2D eigenvalue weighted by Crippen LogP contribution is -2.33. The van der Waals surface area contributed by atoms with E-state index in [-0.39, 0.29) is 17.9 Å². The van der Waals surface area contributed by atoms with Crippen LogP contribution in [0.5, 0.6) is 0 Å². The maximum absolute atomic E-state index is 12.1. The summed E-state index contributed by atoms with van der Waals surface area (Å²) in [5, 5.41) is 3.02. The number of nitrogens with zero attached hydrogens (tertiary/aromatic N) is 2. The molecule has 2 unspecified atom stereocenters. The molecule has 3 rings (SSSR count). The Morgan fingerprint density at radius 3 is 2.70 bits per heavy atom. The Hall–Kier alpha value is -1.62. The maximum Gasteiger partial charge on any atom is 0.223 e. The van der Waals surface area contributed by atoms with Crippen LogP contribution in [0.25, 0.3) is 0 Å². The van der Waals surface area contributed by atoms with Crippen molar-refractivity contribution >= 4 is 11.7 Å². The van der Waals surface area contributed by atoms with Gasteiger partial charge >= 0.3 is 0 Å². The molecule has 2 heterocycles. The zero-order valence-corrected chi connectivity index (χ0v) is 14.0. The van der Waals surface area contributed by atoms with Gasteiger partial charge in [0.05, 0.1) is 0 Å². The summed E-state index contributed by atoms with van der Waals surface area (Å²) in [6.45, 7) is 5.04. The fourth-order valence-electron chi connectivity index (χ4n) is 3.53. The number of carbonyl (C=O) groups excluding carboxylic acids is 1. The monoisotopic (exact) mass is 316 g/mol. The van der Waals surface area contributed by atoms with Gasteiger partial charge < -0.3 is 16.0 Å². The van der Waals surface area contributed by atoms with Crippen LogP contribution in [0.4, 0.5) is 5.82 Å². The number of piperidine rings is 1. The quantitative estimate of drug-likeness (QED) is 0.892. The van der Waals surface area contributed by atoms with Crippen LogP contribution in [0.2, 0.25) is 0 Å². The van der Waals surface area contributed by atoms with E-state index in [0.717, 1.165) is 49.7 Å². The van der Waals surface area contributed by atoms with Crippen LogP contribution < -0.4 is 16.0 Å². The molecule has 0 radical (unpaired) electrons. The molecule has 126 valence electrons. The molecule has 1 saturated heterocycles. The molecule has 2 atom stereocenters. The van der Waals surface area contributed by atoms with E-state index in [1.54, 1.807) is 0 Å². The highest BCUT2D eigenvalue weighted by Gasteiger charge is 2.27. The third kappa shape index (κ3) is 4.22. The molecule has 23 heavy (non-hydrogen) atoms. The van der Waals surface area contributed by atoms with Gasteiger partial charge in [0, 0.05) is 37.8 Å². The highest BCUT2D eigenvalue weighted by atomic mass is 16.1. The van der Waals surface area contributed by atoms with Crippen molar-refractivity contribution in [2.45, 2.75) is 51.6 Å². The van der Waals surface area contributed by atoms with E-state index in [1.807, 2.05) is 6.20 Å². The van der Waals surface area contributed by atoms with Gasteiger partial charge in [0.2, 0.25) is 5.91 Å². The number of carbonyl (C=O) groups is 1. The lowest BCUT2D eigenvalue weighted by atomic mass is 9.99. The molecular formula is C18H28N4O. The summed E-state index contributed by atoms with van der Waals surface area (Å²) < 4.78 is 0. The Balaban J connectivity index is 1.48. The van der Waals surface area contributed by atoms with Crippen LogP contribution in [0, 0.1) is 11.8 Å². The number of nitrogens with two attached hydrogens (primary N) is 1. The smallest absolute Gasteiger partial charge is 0.223 e. The standard InChI is InChI=1S/C18H28N4O/c1-13-6-8-22(9-7-13)17-5-2-14(11-20-17)12-21-18(23)15-3-4-16(19)10-15/h2,5,11,13,15-16H,3-4,6-10,12,19H2,1H3,(H,21,23). The van der Waals surface area contributed by atoms with Gasteiger partial charge in [-0.25, -0.2) is 4.98 Å². The van der Waals surface area contributed by atoms with Crippen molar-refractivity contribution in [2.75, 3.05) is 18.0 Å². The second-order valence-corrected chi connectivity index (χ2v) is 7.18. The fourth-order valence-corrected chi connectivity index (χ4v) is 3.53. The summed E-state index contributed by atoms with van der Waals surface area (Å²) in [5.41, 5.74) is 6.92. The number of aromatic nitrogens is 1. The molecular weight excluding hydrogens is 288 g/mol. The van der Waals surface area contributed by atoms with E-state index in [4.69, 9.17) is 5.73 Å². The average Bonchev–Trinajstić information content (AvgIpc) is 3.00. The van der Waals surface area contributed by atoms with Crippen molar-refractivity contribution in [3.63, 3.8) is 0 Å². The lowest BCUT2D eigenvalue weighted by Gasteiger charge is -2.31. The molecule has 1 aromatic heterocycles. The van der Waals surface area contributed by atoms with Crippen LogP contribution in [0.1, 0.15) is 44.6 Å². The molecule has 5 nitrogen and oxygen atoms in total. The van der Waals surface area contributed by atoms with Gasteiger partial charge in [-0.15, -0.1) is 0 Å². The number of anilines is 1. The molecule has 1 aliphatic carbocycles. The van der Waals surface area contributed by atoms with Gasteiger partial charge in [-0.2, -0.15) is 0 Å². The van der Waals surface area contributed by atoms with Crippen molar-refractivity contribution in [3.8, 4) is 0 Å². The number of amides is 1. The normalized spacial score (nSPS) is 25.6. The number of hydrogen-bond donors (Lipinski definition) is 2. The van der Waals surface area contributed by atoms with Gasteiger partial charge in [-0.1, -0.05) is 13.0 Å². The fraction of sp³-hybridized carbons (Fsp3) is 0.667. The Bertz CT molecular complexity index is 522. The van der Waals surface area contributed by atoms with E-state index in [1.165, 1.54) is 12.8 Å². The Labute approximate surface area is 138 Å². The van der Waals surface area contributed by atoms with Gasteiger partial charge in [0.15, 0.2) is 0 Å². The zero-order chi connectivity index (χ0) is 16.2. The van der Waals surface area contributed by atoms with E-state index in [2.05, 4.69) is 34.3 Å². The molecule has 0 aromatic carbocycles. The van der Waals surface area contributed by atoms with Crippen molar-refractivity contribution in [3.05, 3.63) is 23.9 Å². The van der Waals surface area contributed by atoms with Crippen molar-refractivity contribution < 1.29 is 4.79 Å². The average molecular weight is 316 g/mol. The number of hydrogen-bond acceptors (Lipinski definition) is 4. The Morgan fingerprint density at radius 2 is 2.09 bits per heavy atom. The minimum atomic E-state index is 0.0903. The summed E-state index contributed by atoms with van der Waals surface area (Å²) in [6, 6.07) is 4.34. The number of nitrogens with one attached hydrogen (secondary N) is 1. The van der Waals surface area contributed by atoms with Crippen LogP contribution in [-0.2, 0) is 11.3 Å². The molecule has 0 bridgehead atoms. The van der Waals surface area contributed by atoms with Gasteiger partial charge in [-0.05, 0) is 49.7 Å². The Morgan fingerprint density at radius 1 is 1.30 bits per heavy atom. The number of pyridine rings is 1. The maximum atomic E-state index is 12.1. The van der Waals surface area contributed by atoms with Gasteiger partial charge in [0.1, 0.15) is 5.82 Å². The second kappa shape index (κ2) is 7.30. The third-order valence-electron chi connectivity index (χ3n) is 5.23. The van der Waals surface area contributed by atoms with E-state index >= 15 is 0 Å². The molecule has 1 aliphatic heterocycles. The van der Waals surface area contributed by atoms with Crippen LogP contribution in [0.15, 0.2) is 18.3 Å². The first-order valence-corrected chi connectivity index (χ1v) is 8.85. The first kappa shape index (κ1) is 16.2. The summed E-state index contributed by atoms with van der Waals surface area (Å²) >= 11 is 0. The highest BCUT2D eigenvalue weighted by Crippen LogP contribution is 2.24. The zero-order valence-electron chi connectivity index (χ0n) is 14.0. The molecule has 5 heteroatoms. The minimum absolute atomic E-state index is 0.0903. The van der Waals surface area contributed by atoms with E-state index in [9.17, 15) is 4.79 Å². The van der Waals surface area contributed by atoms with Gasteiger partial charge in [0.25, 0.3) is 0 Å².